The Labute approximate surface area is 160 Å². The maximum atomic E-state index is 11.6. The Morgan fingerprint density at radius 1 is 1.23 bits per heavy atom. The van der Waals surface area contributed by atoms with Gasteiger partial charge in [-0.25, -0.2) is 9.97 Å². The lowest BCUT2D eigenvalue weighted by molar-refractivity contribution is -0.111. The quantitative estimate of drug-likeness (QED) is 0.624. The van der Waals surface area contributed by atoms with Gasteiger partial charge in [0, 0.05) is 42.4 Å². The maximum absolute atomic E-state index is 11.6. The summed E-state index contributed by atoms with van der Waals surface area (Å²) >= 11 is 12.0. The minimum atomic E-state index is -0.288. The number of carbonyl (C=O) groups excluding carboxylic acids is 1. The molecule has 1 aromatic carbocycles. The van der Waals surface area contributed by atoms with E-state index >= 15 is 0 Å². The van der Waals surface area contributed by atoms with E-state index in [1.807, 2.05) is 29.9 Å². The van der Waals surface area contributed by atoms with Crippen LogP contribution in [0.25, 0.3) is 11.3 Å². The van der Waals surface area contributed by atoms with Gasteiger partial charge in [-0.1, -0.05) is 29.8 Å². The van der Waals surface area contributed by atoms with E-state index in [2.05, 4.69) is 27.2 Å². The summed E-state index contributed by atoms with van der Waals surface area (Å²) in [5.41, 5.74) is 2.92. The predicted octanol–water partition coefficient (Wildman–Crippen LogP) is 4.66. The van der Waals surface area contributed by atoms with Crippen molar-refractivity contribution in [1.29, 1.82) is 0 Å². The van der Waals surface area contributed by atoms with Gasteiger partial charge in [-0.2, -0.15) is 0 Å². The third-order valence-corrected chi connectivity index (χ3v) is 4.24. The maximum Gasteiger partial charge on any atom is 0.247 e. The summed E-state index contributed by atoms with van der Waals surface area (Å²) in [6, 6.07) is 7.06. The lowest BCUT2D eigenvalue weighted by atomic mass is 10.1. The van der Waals surface area contributed by atoms with Crippen LogP contribution < -0.4 is 10.6 Å². The molecule has 0 aliphatic rings. The van der Waals surface area contributed by atoms with Gasteiger partial charge in [-0.15, -0.1) is 0 Å². The standard InChI is InChI=1S/C18H15Cl2N5O/c1-3-18(26)23-11-4-5-15(12(6-11)16-9-25(2)10-22-16)24-17-7-13(19)14(20)8-21-17/h3-10H,1H2,2H3,(H,21,24)(H,23,26). The number of nitrogens with one attached hydrogen (secondary N) is 2. The molecule has 0 radical (unpaired) electrons. The Hall–Kier alpha value is -2.83. The molecule has 26 heavy (non-hydrogen) atoms. The molecule has 0 atom stereocenters. The fourth-order valence-corrected chi connectivity index (χ4v) is 2.56. The molecule has 0 aliphatic heterocycles. The molecule has 2 N–H and O–H groups in total. The van der Waals surface area contributed by atoms with Crippen molar-refractivity contribution in [1.82, 2.24) is 14.5 Å². The number of rotatable bonds is 5. The number of benzene rings is 1. The van der Waals surface area contributed by atoms with Crippen LogP contribution in [-0.2, 0) is 11.8 Å². The number of amides is 1. The largest absolute Gasteiger partial charge is 0.340 e. The van der Waals surface area contributed by atoms with E-state index in [9.17, 15) is 4.79 Å². The van der Waals surface area contributed by atoms with Gasteiger partial charge in [0.2, 0.25) is 5.91 Å². The van der Waals surface area contributed by atoms with Gasteiger partial charge in [0.05, 0.1) is 22.1 Å². The second-order valence-electron chi connectivity index (χ2n) is 5.49. The van der Waals surface area contributed by atoms with Crippen molar-refractivity contribution >= 4 is 46.3 Å². The summed E-state index contributed by atoms with van der Waals surface area (Å²) in [5.74, 6) is 0.253. The Morgan fingerprint density at radius 3 is 2.69 bits per heavy atom. The predicted molar refractivity (Wildman–Crippen MR) is 105 cm³/mol. The lowest BCUT2D eigenvalue weighted by Crippen LogP contribution is -2.07. The van der Waals surface area contributed by atoms with Gasteiger partial charge in [0.15, 0.2) is 0 Å². The molecule has 0 fully saturated rings. The van der Waals surface area contributed by atoms with Gasteiger partial charge in [-0.3, -0.25) is 4.79 Å². The van der Waals surface area contributed by atoms with Crippen molar-refractivity contribution in [3.05, 3.63) is 65.7 Å². The molecule has 0 unspecified atom stereocenters. The minimum Gasteiger partial charge on any atom is -0.340 e. The second-order valence-corrected chi connectivity index (χ2v) is 6.30. The highest BCUT2D eigenvalue weighted by Crippen LogP contribution is 2.33. The van der Waals surface area contributed by atoms with Crippen LogP contribution in [0.2, 0.25) is 10.0 Å². The fraction of sp³-hybridized carbons (Fsp3) is 0.0556. The monoisotopic (exact) mass is 387 g/mol. The fourth-order valence-electron chi connectivity index (χ4n) is 2.31. The van der Waals surface area contributed by atoms with Crippen LogP contribution in [0.5, 0.6) is 0 Å². The molecule has 0 spiro atoms. The molecule has 2 aromatic heterocycles. The SMILES string of the molecule is C=CC(=O)Nc1ccc(Nc2cc(Cl)c(Cl)cn2)c(-c2cn(C)cn2)c1. The Kier molecular flexibility index (Phi) is 5.25. The summed E-state index contributed by atoms with van der Waals surface area (Å²) < 4.78 is 1.84. The average molecular weight is 388 g/mol. The zero-order valence-electron chi connectivity index (χ0n) is 13.8. The molecule has 6 nitrogen and oxygen atoms in total. The number of anilines is 3. The van der Waals surface area contributed by atoms with Gasteiger partial charge < -0.3 is 15.2 Å². The summed E-state index contributed by atoms with van der Waals surface area (Å²) in [4.78, 5) is 20.2. The molecule has 0 saturated carbocycles. The zero-order chi connectivity index (χ0) is 18.7. The number of imidazole rings is 1. The minimum absolute atomic E-state index is 0.288. The Balaban J connectivity index is 2.01. The Bertz CT molecular complexity index is 983. The van der Waals surface area contributed by atoms with Crippen LogP contribution in [0, 0.1) is 0 Å². The number of nitrogens with zero attached hydrogens (tertiary/aromatic N) is 3. The van der Waals surface area contributed by atoms with Crippen LogP contribution in [0.4, 0.5) is 17.2 Å². The van der Waals surface area contributed by atoms with Gasteiger partial charge in [0.25, 0.3) is 0 Å². The smallest absolute Gasteiger partial charge is 0.247 e. The Morgan fingerprint density at radius 2 is 2.04 bits per heavy atom. The van der Waals surface area contributed by atoms with Gasteiger partial charge >= 0.3 is 0 Å². The molecule has 3 aromatic rings. The number of hydrogen-bond acceptors (Lipinski definition) is 4. The lowest BCUT2D eigenvalue weighted by Gasteiger charge is -2.13. The van der Waals surface area contributed by atoms with E-state index in [0.29, 0.717) is 21.6 Å². The third-order valence-electron chi connectivity index (χ3n) is 3.52. The van der Waals surface area contributed by atoms with E-state index in [1.165, 1.54) is 12.3 Å². The van der Waals surface area contributed by atoms with Crippen molar-refractivity contribution in [2.24, 2.45) is 7.05 Å². The molecule has 3 rings (SSSR count). The first-order valence-corrected chi connectivity index (χ1v) is 8.35. The molecular weight excluding hydrogens is 373 g/mol. The van der Waals surface area contributed by atoms with Gasteiger partial charge in [-0.05, 0) is 24.3 Å². The van der Waals surface area contributed by atoms with Crippen LogP contribution in [0.15, 0.2) is 55.6 Å². The van der Waals surface area contributed by atoms with E-state index in [1.54, 1.807) is 18.5 Å². The molecule has 1 amide bonds. The van der Waals surface area contributed by atoms with Crippen molar-refractivity contribution in [3.8, 4) is 11.3 Å². The summed E-state index contributed by atoms with van der Waals surface area (Å²) in [6.07, 6.45) is 6.27. The topological polar surface area (TPSA) is 71.8 Å². The number of carbonyl (C=O) groups is 1. The highest BCUT2D eigenvalue weighted by Gasteiger charge is 2.12. The molecule has 132 valence electrons. The highest BCUT2D eigenvalue weighted by molar-refractivity contribution is 6.42. The normalized spacial score (nSPS) is 10.4. The molecule has 0 saturated heterocycles. The van der Waals surface area contributed by atoms with Gasteiger partial charge in [0.1, 0.15) is 5.82 Å². The first kappa shape index (κ1) is 18.0. The first-order valence-electron chi connectivity index (χ1n) is 7.60. The summed E-state index contributed by atoms with van der Waals surface area (Å²) in [6.45, 7) is 3.46. The number of hydrogen-bond donors (Lipinski definition) is 2. The van der Waals surface area contributed by atoms with Crippen molar-refractivity contribution in [3.63, 3.8) is 0 Å². The van der Waals surface area contributed by atoms with Crippen molar-refractivity contribution in [2.45, 2.75) is 0 Å². The summed E-state index contributed by atoms with van der Waals surface area (Å²) in [5, 5.41) is 6.73. The molecule has 2 heterocycles. The number of aryl methyl sites for hydroxylation is 1. The molecule has 8 heteroatoms. The zero-order valence-corrected chi connectivity index (χ0v) is 15.3. The number of pyridine rings is 1. The van der Waals surface area contributed by atoms with Crippen LogP contribution in [0.1, 0.15) is 0 Å². The van der Waals surface area contributed by atoms with E-state index < -0.39 is 0 Å². The van der Waals surface area contributed by atoms with E-state index in [-0.39, 0.29) is 5.91 Å². The molecule has 0 aliphatic carbocycles. The second kappa shape index (κ2) is 7.59. The number of halogens is 2. The van der Waals surface area contributed by atoms with Crippen LogP contribution in [0.3, 0.4) is 0 Å². The van der Waals surface area contributed by atoms with E-state index in [0.717, 1.165) is 16.9 Å². The average Bonchev–Trinajstić information content (AvgIpc) is 3.05. The third kappa shape index (κ3) is 4.04. The highest BCUT2D eigenvalue weighted by atomic mass is 35.5. The first-order chi connectivity index (χ1) is 12.5. The van der Waals surface area contributed by atoms with Crippen molar-refractivity contribution in [2.75, 3.05) is 10.6 Å². The summed E-state index contributed by atoms with van der Waals surface area (Å²) in [7, 11) is 1.88. The van der Waals surface area contributed by atoms with E-state index in [4.69, 9.17) is 23.2 Å². The number of aromatic nitrogens is 3. The van der Waals surface area contributed by atoms with Crippen molar-refractivity contribution < 1.29 is 4.79 Å². The molecule has 0 bridgehead atoms. The van der Waals surface area contributed by atoms with Crippen LogP contribution in [-0.4, -0.2) is 20.4 Å². The van der Waals surface area contributed by atoms with Crippen LogP contribution >= 0.6 is 23.2 Å². The molecular formula is C18H15Cl2N5O.